The van der Waals surface area contributed by atoms with Crippen LogP contribution in [-0.2, 0) is 16.0 Å². The van der Waals surface area contributed by atoms with Crippen molar-refractivity contribution in [3.8, 4) is 11.5 Å². The number of benzene rings is 1. The molecule has 0 unspecified atom stereocenters. The summed E-state index contributed by atoms with van der Waals surface area (Å²) in [5.74, 6) is 1.67. The minimum Gasteiger partial charge on any atom is -0.491 e. The zero-order valence-electron chi connectivity index (χ0n) is 16.8. The third kappa shape index (κ3) is 8.02. The molecule has 7 nitrogen and oxygen atoms in total. The van der Waals surface area contributed by atoms with Gasteiger partial charge < -0.3 is 29.6 Å². The molecule has 2 rings (SSSR count). The van der Waals surface area contributed by atoms with Gasteiger partial charge in [0.25, 0.3) is 0 Å². The first-order valence-electron chi connectivity index (χ1n) is 9.78. The van der Waals surface area contributed by atoms with Crippen molar-refractivity contribution < 1.29 is 18.9 Å². The van der Waals surface area contributed by atoms with Gasteiger partial charge in [-0.15, -0.1) is 0 Å². The van der Waals surface area contributed by atoms with Crippen LogP contribution in [0.4, 0.5) is 0 Å². The Hall–Kier alpha value is -1.38. The summed E-state index contributed by atoms with van der Waals surface area (Å²) in [6, 6.07) is 6.08. The van der Waals surface area contributed by atoms with Crippen LogP contribution in [0.25, 0.3) is 0 Å². The average Bonchev–Trinajstić information content (AvgIpc) is 2.69. The highest BCUT2D eigenvalue weighted by Crippen LogP contribution is 2.27. The third-order valence-electron chi connectivity index (χ3n) is 4.68. The SMILES string of the molecule is COCCOc1ccc(CN2CCN(CCCN)CC2)c(OCCOC)c1. The molecule has 1 aromatic carbocycles. The van der Waals surface area contributed by atoms with Crippen molar-refractivity contribution in [3.63, 3.8) is 0 Å². The van der Waals surface area contributed by atoms with Gasteiger partial charge >= 0.3 is 0 Å². The number of hydrogen-bond donors (Lipinski definition) is 1. The maximum Gasteiger partial charge on any atom is 0.127 e. The van der Waals surface area contributed by atoms with Gasteiger partial charge in [0.1, 0.15) is 24.7 Å². The molecule has 0 aromatic heterocycles. The number of ether oxygens (including phenoxy) is 4. The summed E-state index contributed by atoms with van der Waals surface area (Å²) in [5, 5.41) is 0. The van der Waals surface area contributed by atoms with Crippen molar-refractivity contribution >= 4 is 0 Å². The molecule has 1 aliphatic rings. The Morgan fingerprint density at radius 3 is 2.22 bits per heavy atom. The van der Waals surface area contributed by atoms with Gasteiger partial charge in [0.05, 0.1) is 13.2 Å². The van der Waals surface area contributed by atoms with E-state index in [0.29, 0.717) is 26.4 Å². The van der Waals surface area contributed by atoms with Gasteiger partial charge in [0.2, 0.25) is 0 Å². The molecule has 0 amide bonds. The van der Waals surface area contributed by atoms with Gasteiger partial charge in [-0.1, -0.05) is 6.07 Å². The van der Waals surface area contributed by atoms with Crippen LogP contribution in [0.15, 0.2) is 18.2 Å². The van der Waals surface area contributed by atoms with E-state index < -0.39 is 0 Å². The Labute approximate surface area is 163 Å². The quantitative estimate of drug-likeness (QED) is 0.515. The van der Waals surface area contributed by atoms with Crippen molar-refractivity contribution in [2.45, 2.75) is 13.0 Å². The summed E-state index contributed by atoms with van der Waals surface area (Å²) in [4.78, 5) is 4.97. The van der Waals surface area contributed by atoms with E-state index in [0.717, 1.165) is 63.7 Å². The predicted octanol–water partition coefficient (Wildman–Crippen LogP) is 1.20. The first kappa shape index (κ1) is 21.9. The summed E-state index contributed by atoms with van der Waals surface area (Å²) < 4.78 is 21.8. The van der Waals surface area contributed by atoms with Gasteiger partial charge in [-0.3, -0.25) is 4.90 Å². The topological polar surface area (TPSA) is 69.4 Å². The van der Waals surface area contributed by atoms with Crippen LogP contribution in [0.2, 0.25) is 0 Å². The Balaban J connectivity index is 1.93. The zero-order chi connectivity index (χ0) is 19.3. The molecule has 0 atom stereocenters. The number of nitrogens with zero attached hydrogens (tertiary/aromatic N) is 2. The summed E-state index contributed by atoms with van der Waals surface area (Å²) >= 11 is 0. The normalized spacial score (nSPS) is 15.8. The summed E-state index contributed by atoms with van der Waals surface area (Å²) in [5.41, 5.74) is 6.80. The molecule has 1 aliphatic heterocycles. The summed E-state index contributed by atoms with van der Waals surface area (Å²) in [6.07, 6.45) is 1.07. The van der Waals surface area contributed by atoms with Gasteiger partial charge in [-0.05, 0) is 25.6 Å². The van der Waals surface area contributed by atoms with E-state index in [4.69, 9.17) is 24.7 Å². The second-order valence-corrected chi connectivity index (χ2v) is 6.71. The van der Waals surface area contributed by atoms with Crippen LogP contribution in [-0.4, -0.2) is 89.7 Å². The molecular weight excluding hydrogens is 346 g/mol. The van der Waals surface area contributed by atoms with E-state index >= 15 is 0 Å². The molecule has 0 radical (unpaired) electrons. The number of rotatable bonds is 13. The molecule has 0 saturated carbocycles. The van der Waals surface area contributed by atoms with E-state index in [1.54, 1.807) is 14.2 Å². The molecule has 1 saturated heterocycles. The predicted molar refractivity (Wildman–Crippen MR) is 107 cm³/mol. The van der Waals surface area contributed by atoms with Crippen molar-refractivity contribution in [2.75, 3.05) is 79.9 Å². The van der Waals surface area contributed by atoms with E-state index in [-0.39, 0.29) is 0 Å². The molecule has 0 bridgehead atoms. The largest absolute Gasteiger partial charge is 0.491 e. The number of piperazine rings is 1. The maximum atomic E-state index is 5.95. The number of methoxy groups -OCH3 is 2. The van der Waals surface area contributed by atoms with Crippen molar-refractivity contribution in [3.05, 3.63) is 23.8 Å². The second-order valence-electron chi connectivity index (χ2n) is 6.71. The highest BCUT2D eigenvalue weighted by molar-refractivity contribution is 5.40. The highest BCUT2D eigenvalue weighted by atomic mass is 16.5. The van der Waals surface area contributed by atoms with Crippen LogP contribution >= 0.6 is 0 Å². The summed E-state index contributed by atoms with van der Waals surface area (Å²) in [6.45, 7) is 9.24. The molecule has 0 spiro atoms. The monoisotopic (exact) mass is 381 g/mol. The van der Waals surface area contributed by atoms with E-state index in [1.165, 1.54) is 5.56 Å². The molecule has 2 N–H and O–H groups in total. The van der Waals surface area contributed by atoms with Crippen molar-refractivity contribution in [1.82, 2.24) is 9.80 Å². The van der Waals surface area contributed by atoms with Crippen LogP contribution in [0.5, 0.6) is 11.5 Å². The molecule has 0 aliphatic carbocycles. The molecule has 7 heteroatoms. The molecule has 27 heavy (non-hydrogen) atoms. The Morgan fingerprint density at radius 2 is 1.56 bits per heavy atom. The van der Waals surface area contributed by atoms with Gasteiger partial charge in [0, 0.05) is 58.6 Å². The maximum absolute atomic E-state index is 5.95. The van der Waals surface area contributed by atoms with Crippen molar-refractivity contribution in [2.24, 2.45) is 5.73 Å². The summed E-state index contributed by atoms with van der Waals surface area (Å²) in [7, 11) is 3.35. The molecule has 154 valence electrons. The molecular formula is C20H35N3O4. The van der Waals surface area contributed by atoms with E-state index in [2.05, 4.69) is 15.9 Å². The number of hydrogen-bond acceptors (Lipinski definition) is 7. The van der Waals surface area contributed by atoms with Gasteiger partial charge in [-0.2, -0.15) is 0 Å². The van der Waals surface area contributed by atoms with E-state index in [9.17, 15) is 0 Å². The van der Waals surface area contributed by atoms with Crippen LogP contribution < -0.4 is 15.2 Å². The minimum absolute atomic E-state index is 0.526. The Kier molecular flexibility index (Phi) is 10.5. The lowest BCUT2D eigenvalue weighted by atomic mass is 10.1. The van der Waals surface area contributed by atoms with E-state index in [1.807, 2.05) is 12.1 Å². The molecule has 1 heterocycles. The van der Waals surface area contributed by atoms with Crippen LogP contribution in [0.1, 0.15) is 12.0 Å². The van der Waals surface area contributed by atoms with Crippen molar-refractivity contribution in [1.29, 1.82) is 0 Å². The lowest BCUT2D eigenvalue weighted by Gasteiger charge is -2.35. The standard InChI is InChI=1S/C20H35N3O4/c1-24-12-14-26-19-5-4-18(20(16-19)27-15-13-25-2)17-23-10-8-22(9-11-23)7-3-6-21/h4-5,16H,3,6-15,17,21H2,1-2H3. The Bertz CT molecular complexity index is 522. The van der Waals surface area contributed by atoms with Crippen LogP contribution in [0, 0.1) is 0 Å². The average molecular weight is 382 g/mol. The lowest BCUT2D eigenvalue weighted by molar-refractivity contribution is 0.123. The lowest BCUT2D eigenvalue weighted by Crippen LogP contribution is -2.46. The minimum atomic E-state index is 0.526. The second kappa shape index (κ2) is 12.9. The third-order valence-corrected chi connectivity index (χ3v) is 4.68. The first-order chi connectivity index (χ1) is 13.3. The van der Waals surface area contributed by atoms with Gasteiger partial charge in [0.15, 0.2) is 0 Å². The molecule has 1 aromatic rings. The fraction of sp³-hybridized carbons (Fsp3) is 0.700. The fourth-order valence-corrected chi connectivity index (χ4v) is 3.09. The highest BCUT2D eigenvalue weighted by Gasteiger charge is 2.18. The fourth-order valence-electron chi connectivity index (χ4n) is 3.09. The van der Waals surface area contributed by atoms with Gasteiger partial charge in [-0.25, -0.2) is 0 Å². The zero-order valence-corrected chi connectivity index (χ0v) is 16.8. The Morgan fingerprint density at radius 1 is 0.889 bits per heavy atom. The first-order valence-corrected chi connectivity index (χ1v) is 9.78. The smallest absolute Gasteiger partial charge is 0.127 e. The van der Waals surface area contributed by atoms with Crippen LogP contribution in [0.3, 0.4) is 0 Å². The molecule has 1 fully saturated rings. The number of nitrogens with two attached hydrogens (primary N) is 1.